The predicted molar refractivity (Wildman–Crippen MR) is 90.5 cm³/mol. The molecule has 1 aromatic carbocycles. The van der Waals surface area contributed by atoms with Gasteiger partial charge in [-0.1, -0.05) is 63.3 Å². The smallest absolute Gasteiger partial charge is 0.159 e. The minimum atomic E-state index is 0.0678. The Morgan fingerprint density at radius 3 is 2.09 bits per heavy atom. The molecule has 0 unspecified atom stereocenters. The maximum absolute atomic E-state index is 9.05. The van der Waals surface area contributed by atoms with Gasteiger partial charge in [0.25, 0.3) is 0 Å². The van der Waals surface area contributed by atoms with E-state index in [4.69, 9.17) is 5.11 Å². The largest absolute Gasteiger partial charge is 0.392 e. The Labute approximate surface area is 133 Å². The van der Waals surface area contributed by atoms with Crippen LogP contribution >= 0.6 is 0 Å². The van der Waals surface area contributed by atoms with E-state index in [0.29, 0.717) is 0 Å². The molecular formula is C19H26N2O. The molecule has 0 spiro atoms. The van der Waals surface area contributed by atoms with E-state index in [-0.39, 0.29) is 6.61 Å². The van der Waals surface area contributed by atoms with E-state index in [2.05, 4.69) is 16.9 Å². The summed E-state index contributed by atoms with van der Waals surface area (Å²) in [5.41, 5.74) is 3.11. The van der Waals surface area contributed by atoms with Crippen molar-refractivity contribution >= 4 is 0 Å². The summed E-state index contributed by atoms with van der Waals surface area (Å²) in [4.78, 5) is 8.92. The van der Waals surface area contributed by atoms with Crippen LogP contribution in [-0.4, -0.2) is 15.1 Å². The fourth-order valence-electron chi connectivity index (χ4n) is 2.50. The number of hydrogen-bond donors (Lipinski definition) is 1. The highest BCUT2D eigenvalue weighted by Gasteiger charge is 2.02. The second kappa shape index (κ2) is 9.31. The third-order valence-electron chi connectivity index (χ3n) is 3.92. The van der Waals surface area contributed by atoms with Gasteiger partial charge in [0.2, 0.25) is 0 Å². The van der Waals surface area contributed by atoms with Crippen LogP contribution in [-0.2, 0) is 13.0 Å². The molecule has 0 saturated carbocycles. The van der Waals surface area contributed by atoms with Crippen molar-refractivity contribution < 1.29 is 5.11 Å². The molecule has 0 atom stereocenters. The van der Waals surface area contributed by atoms with Crippen LogP contribution in [0.3, 0.4) is 0 Å². The number of nitrogens with zero attached hydrogens (tertiary/aromatic N) is 2. The molecule has 22 heavy (non-hydrogen) atoms. The number of aliphatic hydroxyl groups is 1. The molecule has 1 aromatic heterocycles. The molecule has 118 valence electrons. The van der Waals surface area contributed by atoms with E-state index in [1.54, 1.807) is 0 Å². The van der Waals surface area contributed by atoms with Gasteiger partial charge in [-0.2, -0.15) is 0 Å². The van der Waals surface area contributed by atoms with Crippen LogP contribution in [0.4, 0.5) is 0 Å². The molecule has 2 aromatic rings. The fraction of sp³-hybridized carbons (Fsp3) is 0.474. The standard InChI is InChI=1S/C19H26N2O/c1-2-3-4-5-6-7-8-17-13-20-19(21-14-17)18-11-9-16(15-22)10-12-18/h9-14,22H,2-8,15H2,1H3. The van der Waals surface area contributed by atoms with Crippen molar-refractivity contribution in [3.63, 3.8) is 0 Å². The van der Waals surface area contributed by atoms with Crippen LogP contribution in [0.1, 0.15) is 56.6 Å². The Morgan fingerprint density at radius 2 is 1.45 bits per heavy atom. The van der Waals surface area contributed by atoms with E-state index in [1.807, 2.05) is 36.7 Å². The fourth-order valence-corrected chi connectivity index (χ4v) is 2.50. The van der Waals surface area contributed by atoms with Gasteiger partial charge in [0.05, 0.1) is 6.61 Å². The van der Waals surface area contributed by atoms with Crippen LogP contribution in [0.25, 0.3) is 11.4 Å². The third kappa shape index (κ3) is 5.23. The quantitative estimate of drug-likeness (QED) is 0.691. The van der Waals surface area contributed by atoms with Crippen LogP contribution in [0, 0.1) is 0 Å². The number of benzene rings is 1. The lowest BCUT2D eigenvalue weighted by Gasteiger charge is -2.04. The average molecular weight is 298 g/mol. The Kier molecular flexibility index (Phi) is 7.04. The van der Waals surface area contributed by atoms with Gasteiger partial charge in [-0.05, 0) is 24.0 Å². The van der Waals surface area contributed by atoms with Gasteiger partial charge in [-0.25, -0.2) is 9.97 Å². The molecule has 3 heteroatoms. The molecule has 0 radical (unpaired) electrons. The van der Waals surface area contributed by atoms with E-state index >= 15 is 0 Å². The van der Waals surface area contributed by atoms with Crippen molar-refractivity contribution in [2.45, 2.75) is 58.5 Å². The van der Waals surface area contributed by atoms with Crippen molar-refractivity contribution in [2.24, 2.45) is 0 Å². The van der Waals surface area contributed by atoms with Crippen molar-refractivity contribution in [3.05, 3.63) is 47.8 Å². The summed E-state index contributed by atoms with van der Waals surface area (Å²) in [5, 5.41) is 9.05. The Morgan fingerprint density at radius 1 is 0.818 bits per heavy atom. The molecule has 2 rings (SSSR count). The summed E-state index contributed by atoms with van der Waals surface area (Å²) in [7, 11) is 0. The van der Waals surface area contributed by atoms with E-state index in [1.165, 1.54) is 44.1 Å². The molecule has 3 nitrogen and oxygen atoms in total. The van der Waals surface area contributed by atoms with Crippen molar-refractivity contribution in [3.8, 4) is 11.4 Å². The van der Waals surface area contributed by atoms with Crippen LogP contribution in [0.15, 0.2) is 36.7 Å². The van der Waals surface area contributed by atoms with Crippen molar-refractivity contribution in [1.29, 1.82) is 0 Å². The Bertz CT molecular complexity index is 534. The van der Waals surface area contributed by atoms with Crippen LogP contribution in [0.2, 0.25) is 0 Å². The lowest BCUT2D eigenvalue weighted by atomic mass is 10.1. The monoisotopic (exact) mass is 298 g/mol. The summed E-state index contributed by atoms with van der Waals surface area (Å²) in [6.07, 6.45) is 12.8. The maximum Gasteiger partial charge on any atom is 0.159 e. The first-order chi connectivity index (χ1) is 10.8. The molecule has 0 bridgehead atoms. The molecule has 1 N–H and O–H groups in total. The van der Waals surface area contributed by atoms with Crippen molar-refractivity contribution in [2.75, 3.05) is 0 Å². The molecule has 0 saturated heterocycles. The molecule has 0 amide bonds. The first-order valence-electron chi connectivity index (χ1n) is 8.34. The SMILES string of the molecule is CCCCCCCCc1cnc(-c2ccc(CO)cc2)nc1. The summed E-state index contributed by atoms with van der Waals surface area (Å²) < 4.78 is 0. The zero-order valence-corrected chi connectivity index (χ0v) is 13.5. The van der Waals surface area contributed by atoms with Gasteiger partial charge in [0, 0.05) is 18.0 Å². The highest BCUT2D eigenvalue weighted by atomic mass is 16.3. The highest BCUT2D eigenvalue weighted by molar-refractivity contribution is 5.54. The maximum atomic E-state index is 9.05. The Hall–Kier alpha value is -1.74. The van der Waals surface area contributed by atoms with E-state index in [9.17, 15) is 0 Å². The lowest BCUT2D eigenvalue weighted by Crippen LogP contribution is -1.93. The number of unbranched alkanes of at least 4 members (excludes halogenated alkanes) is 5. The van der Waals surface area contributed by atoms with Crippen molar-refractivity contribution in [1.82, 2.24) is 9.97 Å². The number of aromatic nitrogens is 2. The van der Waals surface area contributed by atoms with Gasteiger partial charge >= 0.3 is 0 Å². The Balaban J connectivity index is 1.82. The van der Waals surface area contributed by atoms with E-state index in [0.717, 1.165) is 23.4 Å². The highest BCUT2D eigenvalue weighted by Crippen LogP contribution is 2.16. The first kappa shape index (κ1) is 16.6. The van der Waals surface area contributed by atoms with Gasteiger partial charge in [0.1, 0.15) is 0 Å². The minimum Gasteiger partial charge on any atom is -0.392 e. The normalized spacial score (nSPS) is 10.8. The third-order valence-corrected chi connectivity index (χ3v) is 3.92. The number of aliphatic hydroxyl groups excluding tert-OH is 1. The zero-order valence-electron chi connectivity index (χ0n) is 13.5. The second-order valence-corrected chi connectivity index (χ2v) is 5.79. The van der Waals surface area contributed by atoms with Crippen LogP contribution < -0.4 is 0 Å². The molecule has 0 fully saturated rings. The van der Waals surface area contributed by atoms with Gasteiger partial charge < -0.3 is 5.11 Å². The first-order valence-corrected chi connectivity index (χ1v) is 8.34. The summed E-state index contributed by atoms with van der Waals surface area (Å²) in [6.45, 7) is 2.31. The zero-order chi connectivity index (χ0) is 15.6. The lowest BCUT2D eigenvalue weighted by molar-refractivity contribution is 0.282. The topological polar surface area (TPSA) is 46.0 Å². The minimum absolute atomic E-state index is 0.0678. The van der Waals surface area contributed by atoms with Gasteiger partial charge in [0.15, 0.2) is 5.82 Å². The average Bonchev–Trinajstić information content (AvgIpc) is 2.59. The van der Waals surface area contributed by atoms with E-state index < -0.39 is 0 Å². The number of hydrogen-bond acceptors (Lipinski definition) is 3. The number of aryl methyl sites for hydroxylation is 1. The second-order valence-electron chi connectivity index (χ2n) is 5.79. The summed E-state index contributed by atoms with van der Waals surface area (Å²) in [5.74, 6) is 0.746. The summed E-state index contributed by atoms with van der Waals surface area (Å²) in [6, 6.07) is 7.72. The molecule has 0 aliphatic heterocycles. The molecular weight excluding hydrogens is 272 g/mol. The molecule has 0 aliphatic rings. The van der Waals surface area contributed by atoms with Gasteiger partial charge in [-0.3, -0.25) is 0 Å². The van der Waals surface area contributed by atoms with Crippen LogP contribution in [0.5, 0.6) is 0 Å². The summed E-state index contributed by atoms with van der Waals surface area (Å²) >= 11 is 0. The molecule has 1 heterocycles. The number of rotatable bonds is 9. The molecule has 0 aliphatic carbocycles. The predicted octanol–water partition coefficient (Wildman–Crippen LogP) is 4.54. The van der Waals surface area contributed by atoms with Gasteiger partial charge in [-0.15, -0.1) is 0 Å².